The third-order valence-electron chi connectivity index (χ3n) is 3.44. The third-order valence-corrected chi connectivity index (χ3v) is 3.83. The molecule has 1 saturated heterocycles. The normalized spacial score (nSPS) is 24.8. The maximum atomic E-state index is 13.3. The molecule has 21 heavy (non-hydrogen) atoms. The lowest BCUT2D eigenvalue weighted by molar-refractivity contribution is -0.387. The van der Waals surface area contributed by atoms with Gasteiger partial charge in [-0.3, -0.25) is 15.0 Å². The Morgan fingerprint density at radius 2 is 2.10 bits per heavy atom. The summed E-state index contributed by atoms with van der Waals surface area (Å²) in [6, 6.07) is 3.79. The zero-order chi connectivity index (χ0) is 15.6. The molecule has 0 aliphatic carbocycles. The van der Waals surface area contributed by atoms with Crippen molar-refractivity contribution >= 4 is 17.3 Å². The molecule has 1 aliphatic heterocycles. The van der Waals surface area contributed by atoms with Crippen LogP contribution in [0, 0.1) is 15.9 Å². The second-order valence-corrected chi connectivity index (χ2v) is 5.94. The second kappa shape index (κ2) is 6.68. The molecule has 1 aromatic rings. The van der Waals surface area contributed by atoms with Gasteiger partial charge < -0.3 is 4.74 Å². The van der Waals surface area contributed by atoms with Crippen LogP contribution >= 0.6 is 11.6 Å². The van der Waals surface area contributed by atoms with E-state index < -0.39 is 21.8 Å². The summed E-state index contributed by atoms with van der Waals surface area (Å²) >= 11 is 6.34. The van der Waals surface area contributed by atoms with Gasteiger partial charge in [0.2, 0.25) is 5.82 Å². The smallest absolute Gasteiger partial charge is 0.305 e. The van der Waals surface area contributed by atoms with Crippen LogP contribution in [0.1, 0.15) is 24.8 Å². The van der Waals surface area contributed by atoms with Gasteiger partial charge in [0.25, 0.3) is 0 Å². The molecule has 3 unspecified atom stereocenters. The Labute approximate surface area is 127 Å². The fourth-order valence-corrected chi connectivity index (χ4v) is 2.96. The van der Waals surface area contributed by atoms with Gasteiger partial charge >= 0.3 is 5.69 Å². The van der Waals surface area contributed by atoms with E-state index >= 15 is 0 Å². The standard InChI is InChI=1S/C14H18ClFN2O3/c1-9-6-17(7-10(2)21-9)8-12(15)11-3-4-13(16)14(5-11)18(19)20/h3-5,9-10,12H,6-8H2,1-2H3. The first kappa shape index (κ1) is 16.1. The van der Waals surface area contributed by atoms with Crippen molar-refractivity contribution in [3.63, 3.8) is 0 Å². The summed E-state index contributed by atoms with van der Waals surface area (Å²) in [5.74, 6) is -0.846. The molecular formula is C14H18ClFN2O3. The Hall–Kier alpha value is -1.24. The van der Waals surface area contributed by atoms with E-state index in [1.807, 2.05) is 13.8 Å². The average Bonchev–Trinajstić information content (AvgIpc) is 2.37. The fourth-order valence-electron chi connectivity index (χ4n) is 2.63. The van der Waals surface area contributed by atoms with Crippen molar-refractivity contribution in [1.29, 1.82) is 0 Å². The molecule has 5 nitrogen and oxygen atoms in total. The quantitative estimate of drug-likeness (QED) is 0.486. The van der Waals surface area contributed by atoms with Gasteiger partial charge in [-0.25, -0.2) is 0 Å². The lowest BCUT2D eigenvalue weighted by atomic mass is 10.1. The van der Waals surface area contributed by atoms with Gasteiger partial charge in [0, 0.05) is 25.7 Å². The molecule has 0 bridgehead atoms. The summed E-state index contributed by atoms with van der Waals surface area (Å²) in [5.41, 5.74) is 0.0124. The summed E-state index contributed by atoms with van der Waals surface area (Å²) < 4.78 is 19.0. The van der Waals surface area contributed by atoms with E-state index in [4.69, 9.17) is 16.3 Å². The lowest BCUT2D eigenvalue weighted by Crippen LogP contribution is -2.46. The molecule has 0 N–H and O–H groups in total. The van der Waals surface area contributed by atoms with Gasteiger partial charge in [0.15, 0.2) is 0 Å². The van der Waals surface area contributed by atoms with Crippen molar-refractivity contribution in [3.05, 3.63) is 39.7 Å². The van der Waals surface area contributed by atoms with Crippen LogP contribution < -0.4 is 0 Å². The summed E-state index contributed by atoms with van der Waals surface area (Å²) in [7, 11) is 0. The molecule has 2 rings (SSSR count). The van der Waals surface area contributed by atoms with E-state index in [9.17, 15) is 14.5 Å². The molecule has 1 aromatic carbocycles. The van der Waals surface area contributed by atoms with Crippen molar-refractivity contribution in [2.45, 2.75) is 31.4 Å². The van der Waals surface area contributed by atoms with Crippen LogP contribution in [0.5, 0.6) is 0 Å². The Kier molecular flexibility index (Phi) is 5.13. The van der Waals surface area contributed by atoms with Crippen molar-refractivity contribution in [3.8, 4) is 0 Å². The number of nitro benzene ring substituents is 1. The number of morpholine rings is 1. The maximum absolute atomic E-state index is 13.3. The number of alkyl halides is 1. The predicted molar refractivity (Wildman–Crippen MR) is 78.1 cm³/mol. The van der Waals surface area contributed by atoms with Gasteiger partial charge in [0.05, 0.1) is 22.5 Å². The number of benzene rings is 1. The van der Waals surface area contributed by atoms with E-state index in [0.717, 1.165) is 19.2 Å². The zero-order valence-electron chi connectivity index (χ0n) is 12.0. The van der Waals surface area contributed by atoms with E-state index in [-0.39, 0.29) is 12.2 Å². The summed E-state index contributed by atoms with van der Waals surface area (Å²) in [6.07, 6.45) is 0.250. The van der Waals surface area contributed by atoms with E-state index in [1.165, 1.54) is 12.1 Å². The van der Waals surface area contributed by atoms with Crippen LogP contribution in [0.2, 0.25) is 0 Å². The number of halogens is 2. The van der Waals surface area contributed by atoms with Gasteiger partial charge in [-0.2, -0.15) is 4.39 Å². The largest absolute Gasteiger partial charge is 0.373 e. The topological polar surface area (TPSA) is 55.6 Å². The van der Waals surface area contributed by atoms with Crippen LogP contribution in [0.25, 0.3) is 0 Å². The SMILES string of the molecule is CC1CN(CC(Cl)c2ccc(F)c([N+](=O)[O-])c2)CC(C)O1. The number of ether oxygens (including phenoxy) is 1. The minimum atomic E-state index is -0.846. The van der Waals surface area contributed by atoms with Gasteiger partial charge in [-0.05, 0) is 25.5 Å². The van der Waals surface area contributed by atoms with Crippen molar-refractivity contribution in [1.82, 2.24) is 4.90 Å². The number of nitro groups is 1. The highest BCUT2D eigenvalue weighted by molar-refractivity contribution is 6.21. The molecular weight excluding hydrogens is 299 g/mol. The number of hydrogen-bond acceptors (Lipinski definition) is 4. The highest BCUT2D eigenvalue weighted by atomic mass is 35.5. The first-order chi connectivity index (χ1) is 9.86. The summed E-state index contributed by atoms with van der Waals surface area (Å²) in [4.78, 5) is 12.2. The van der Waals surface area contributed by atoms with E-state index in [2.05, 4.69) is 4.90 Å². The van der Waals surface area contributed by atoms with Crippen molar-refractivity contribution < 1.29 is 14.1 Å². The number of nitrogens with zero attached hydrogens (tertiary/aromatic N) is 2. The Morgan fingerprint density at radius 1 is 1.48 bits per heavy atom. The Bertz CT molecular complexity index is 519. The molecule has 116 valence electrons. The molecule has 0 spiro atoms. The second-order valence-electron chi connectivity index (χ2n) is 5.41. The molecule has 0 radical (unpaired) electrons. The molecule has 3 atom stereocenters. The van der Waals surface area contributed by atoms with E-state index in [1.54, 1.807) is 0 Å². The average molecular weight is 317 g/mol. The fraction of sp³-hybridized carbons (Fsp3) is 0.571. The van der Waals surface area contributed by atoms with Crippen molar-refractivity contribution in [2.75, 3.05) is 19.6 Å². The number of rotatable bonds is 4. The van der Waals surface area contributed by atoms with Crippen LogP contribution in [-0.2, 0) is 4.74 Å². The van der Waals surface area contributed by atoms with Crippen LogP contribution in [0.4, 0.5) is 10.1 Å². The zero-order valence-corrected chi connectivity index (χ0v) is 12.7. The molecule has 0 aromatic heterocycles. The minimum absolute atomic E-state index is 0.125. The van der Waals surface area contributed by atoms with Crippen LogP contribution in [-0.4, -0.2) is 41.7 Å². The van der Waals surface area contributed by atoms with Gasteiger partial charge in [0.1, 0.15) is 0 Å². The summed E-state index contributed by atoms with van der Waals surface area (Å²) in [6.45, 7) is 6.05. The Balaban J connectivity index is 2.08. The lowest BCUT2D eigenvalue weighted by Gasteiger charge is -2.36. The highest BCUT2D eigenvalue weighted by Gasteiger charge is 2.25. The van der Waals surface area contributed by atoms with Crippen molar-refractivity contribution in [2.24, 2.45) is 0 Å². The Morgan fingerprint density at radius 3 is 2.67 bits per heavy atom. The molecule has 0 amide bonds. The van der Waals surface area contributed by atoms with Crippen LogP contribution in [0.3, 0.4) is 0 Å². The van der Waals surface area contributed by atoms with Gasteiger partial charge in [-0.1, -0.05) is 6.07 Å². The first-order valence-corrected chi connectivity index (χ1v) is 7.26. The first-order valence-electron chi connectivity index (χ1n) is 6.82. The molecule has 0 saturated carbocycles. The summed E-state index contributed by atoms with van der Waals surface area (Å²) in [5, 5.41) is 10.3. The maximum Gasteiger partial charge on any atom is 0.305 e. The molecule has 1 fully saturated rings. The minimum Gasteiger partial charge on any atom is -0.373 e. The molecule has 1 heterocycles. The number of hydrogen-bond donors (Lipinski definition) is 0. The highest BCUT2D eigenvalue weighted by Crippen LogP contribution is 2.28. The predicted octanol–water partition coefficient (Wildman–Crippen LogP) is 3.12. The van der Waals surface area contributed by atoms with E-state index in [0.29, 0.717) is 12.1 Å². The van der Waals surface area contributed by atoms with Gasteiger partial charge in [-0.15, -0.1) is 11.6 Å². The monoisotopic (exact) mass is 316 g/mol. The third kappa shape index (κ3) is 4.12. The molecule has 1 aliphatic rings. The van der Waals surface area contributed by atoms with Crippen LogP contribution in [0.15, 0.2) is 18.2 Å². The molecule has 7 heteroatoms.